The summed E-state index contributed by atoms with van der Waals surface area (Å²) < 4.78 is 10.4. The van der Waals surface area contributed by atoms with Gasteiger partial charge in [0.1, 0.15) is 30.5 Å². The second kappa shape index (κ2) is 12.1. The number of ether oxygens (including phenoxy) is 2. The molecule has 0 spiro atoms. The molecule has 0 amide bonds. The van der Waals surface area contributed by atoms with E-state index in [1.807, 2.05) is 6.92 Å². The van der Waals surface area contributed by atoms with Gasteiger partial charge in [-0.15, -0.1) is 0 Å². The molecule has 5 N–H and O–H groups in total. The standard InChI is InChI=1S/C19H20O7/c1-2-3-4-5-6-7-8-9-10-11-14(12-20)25-19-18(24)17(23)16(22)15(13-21)26-19/h2-3,14-24H,12-13H2,1H3/b3-2+/t14-,15+,16+,17-,18+,19+/m0/s1. The lowest BCUT2D eigenvalue weighted by Gasteiger charge is -2.40. The zero-order valence-corrected chi connectivity index (χ0v) is 14.1. The van der Waals surface area contributed by atoms with Crippen LogP contribution < -0.4 is 0 Å². The number of hydrogen-bond acceptors (Lipinski definition) is 7. The van der Waals surface area contributed by atoms with Gasteiger partial charge < -0.3 is 35.0 Å². The SMILES string of the molecule is C/C=C/C#CC#CC#CC#C[C@@H](CO)O[C@@H]1O[C@H](CO)[C@@H](O)[C@H](O)[C@H]1O. The van der Waals surface area contributed by atoms with Crippen molar-refractivity contribution in [3.05, 3.63) is 12.2 Å². The summed E-state index contributed by atoms with van der Waals surface area (Å²) in [6, 6.07) is 0. The molecule has 1 aliphatic rings. The van der Waals surface area contributed by atoms with Crippen molar-refractivity contribution in [1.29, 1.82) is 0 Å². The fourth-order valence-electron chi connectivity index (χ4n) is 1.87. The van der Waals surface area contributed by atoms with Crippen LogP contribution >= 0.6 is 0 Å². The molecule has 1 heterocycles. The van der Waals surface area contributed by atoms with E-state index in [0.29, 0.717) is 0 Å². The van der Waals surface area contributed by atoms with E-state index in [9.17, 15) is 20.4 Å². The van der Waals surface area contributed by atoms with E-state index >= 15 is 0 Å². The first-order valence-corrected chi connectivity index (χ1v) is 7.74. The van der Waals surface area contributed by atoms with Crippen LogP contribution in [-0.2, 0) is 9.47 Å². The van der Waals surface area contributed by atoms with Crippen molar-refractivity contribution in [2.45, 2.75) is 43.7 Å². The molecule has 26 heavy (non-hydrogen) atoms. The Kier molecular flexibility index (Phi) is 10.1. The van der Waals surface area contributed by atoms with E-state index in [4.69, 9.17) is 14.6 Å². The van der Waals surface area contributed by atoms with Gasteiger partial charge in [-0.1, -0.05) is 17.9 Å². The Bertz CT molecular complexity index is 712. The highest BCUT2D eigenvalue weighted by Crippen LogP contribution is 2.22. The van der Waals surface area contributed by atoms with E-state index in [2.05, 4.69) is 47.4 Å². The van der Waals surface area contributed by atoms with E-state index in [1.165, 1.54) is 0 Å². The van der Waals surface area contributed by atoms with Crippen LogP contribution in [0.3, 0.4) is 0 Å². The summed E-state index contributed by atoms with van der Waals surface area (Å²) in [7, 11) is 0. The summed E-state index contributed by atoms with van der Waals surface area (Å²) in [5.74, 6) is 20.0. The number of hydrogen-bond donors (Lipinski definition) is 5. The minimum absolute atomic E-state index is 0.524. The lowest BCUT2D eigenvalue weighted by molar-refractivity contribution is -0.308. The van der Waals surface area contributed by atoms with Gasteiger partial charge >= 0.3 is 0 Å². The third-order valence-corrected chi connectivity index (χ3v) is 3.18. The molecule has 0 aromatic rings. The molecule has 0 aromatic carbocycles. The van der Waals surface area contributed by atoms with Crippen molar-refractivity contribution in [2.75, 3.05) is 13.2 Å². The van der Waals surface area contributed by atoms with E-state index in [0.717, 1.165) is 0 Å². The second-order valence-corrected chi connectivity index (χ2v) is 5.04. The molecule has 1 fully saturated rings. The largest absolute Gasteiger partial charge is 0.394 e. The van der Waals surface area contributed by atoms with Gasteiger partial charge in [-0.2, -0.15) is 0 Å². The van der Waals surface area contributed by atoms with Gasteiger partial charge in [-0.3, -0.25) is 0 Å². The highest BCUT2D eigenvalue weighted by molar-refractivity contribution is 5.41. The van der Waals surface area contributed by atoms with Gasteiger partial charge in [-0.25, -0.2) is 0 Å². The Morgan fingerprint density at radius 2 is 1.62 bits per heavy atom. The van der Waals surface area contributed by atoms with Crippen LogP contribution in [-0.4, -0.2) is 75.6 Å². The number of allylic oxidation sites excluding steroid dienone is 2. The van der Waals surface area contributed by atoms with E-state index in [-0.39, 0.29) is 0 Å². The van der Waals surface area contributed by atoms with Crippen molar-refractivity contribution < 1.29 is 35.0 Å². The Labute approximate surface area is 152 Å². The summed E-state index contributed by atoms with van der Waals surface area (Å²) in [6.45, 7) is 0.729. The predicted octanol–water partition coefficient (Wildman–Crippen LogP) is -2.25. The molecule has 1 rings (SSSR count). The van der Waals surface area contributed by atoms with Crippen LogP contribution in [0.4, 0.5) is 0 Å². The van der Waals surface area contributed by atoms with Crippen LogP contribution in [0.2, 0.25) is 0 Å². The maximum Gasteiger partial charge on any atom is 0.188 e. The van der Waals surface area contributed by atoms with Gasteiger partial charge in [-0.05, 0) is 48.5 Å². The molecular weight excluding hydrogens is 340 g/mol. The number of rotatable bonds is 4. The lowest BCUT2D eigenvalue weighted by Crippen LogP contribution is -2.59. The molecular formula is C19H20O7. The van der Waals surface area contributed by atoms with Crippen LogP contribution in [0.5, 0.6) is 0 Å². The summed E-state index contributed by atoms with van der Waals surface area (Å²) in [4.78, 5) is 0. The van der Waals surface area contributed by atoms with Gasteiger partial charge in [0.25, 0.3) is 0 Å². The monoisotopic (exact) mass is 360 g/mol. The first-order chi connectivity index (χ1) is 12.5. The predicted molar refractivity (Wildman–Crippen MR) is 91.6 cm³/mol. The molecule has 6 atom stereocenters. The minimum atomic E-state index is -1.57. The smallest absolute Gasteiger partial charge is 0.188 e. The third-order valence-electron chi connectivity index (χ3n) is 3.18. The molecule has 0 bridgehead atoms. The first kappa shape index (κ1) is 21.7. The Balaban J connectivity index is 2.67. The van der Waals surface area contributed by atoms with Gasteiger partial charge in [0.2, 0.25) is 0 Å². The van der Waals surface area contributed by atoms with Gasteiger partial charge in [0, 0.05) is 0 Å². The van der Waals surface area contributed by atoms with Crippen molar-refractivity contribution in [3.8, 4) is 47.4 Å². The summed E-state index contributed by atoms with van der Waals surface area (Å²) in [5, 5.41) is 47.6. The molecule has 1 aliphatic heterocycles. The van der Waals surface area contributed by atoms with Crippen LogP contribution in [0, 0.1) is 47.4 Å². The zero-order chi connectivity index (χ0) is 19.4. The van der Waals surface area contributed by atoms with Gasteiger partial charge in [0.05, 0.1) is 13.2 Å². The van der Waals surface area contributed by atoms with Crippen LogP contribution in [0.1, 0.15) is 6.92 Å². The lowest BCUT2D eigenvalue weighted by atomic mass is 9.99. The molecule has 0 unspecified atom stereocenters. The average Bonchev–Trinajstić information content (AvgIpc) is 2.65. The fraction of sp³-hybridized carbons (Fsp3) is 0.474. The van der Waals surface area contributed by atoms with Crippen LogP contribution in [0.25, 0.3) is 0 Å². The zero-order valence-electron chi connectivity index (χ0n) is 14.1. The number of aliphatic hydroxyl groups is 5. The second-order valence-electron chi connectivity index (χ2n) is 5.04. The topological polar surface area (TPSA) is 120 Å². The Morgan fingerprint density at radius 1 is 0.962 bits per heavy atom. The van der Waals surface area contributed by atoms with E-state index in [1.54, 1.807) is 12.2 Å². The molecule has 7 heteroatoms. The Morgan fingerprint density at radius 3 is 2.23 bits per heavy atom. The summed E-state index contributed by atoms with van der Waals surface area (Å²) in [6.07, 6.45) is -4.77. The molecule has 138 valence electrons. The highest BCUT2D eigenvalue weighted by atomic mass is 16.7. The van der Waals surface area contributed by atoms with Crippen molar-refractivity contribution in [2.24, 2.45) is 0 Å². The van der Waals surface area contributed by atoms with Crippen LogP contribution in [0.15, 0.2) is 12.2 Å². The summed E-state index contributed by atoms with van der Waals surface area (Å²) >= 11 is 0. The molecule has 0 aromatic heterocycles. The normalized spacial score (nSPS) is 28.3. The molecule has 1 saturated heterocycles. The quantitative estimate of drug-likeness (QED) is 0.360. The highest BCUT2D eigenvalue weighted by Gasteiger charge is 2.44. The third kappa shape index (κ3) is 6.90. The molecule has 0 aliphatic carbocycles. The van der Waals surface area contributed by atoms with E-state index < -0.39 is 50.0 Å². The average molecular weight is 360 g/mol. The van der Waals surface area contributed by atoms with Crippen molar-refractivity contribution >= 4 is 0 Å². The summed E-state index contributed by atoms with van der Waals surface area (Å²) in [5.41, 5.74) is 0. The van der Waals surface area contributed by atoms with Crippen molar-refractivity contribution in [1.82, 2.24) is 0 Å². The first-order valence-electron chi connectivity index (χ1n) is 7.74. The minimum Gasteiger partial charge on any atom is -0.394 e. The molecule has 0 saturated carbocycles. The maximum absolute atomic E-state index is 9.86. The molecule has 0 radical (unpaired) electrons. The maximum atomic E-state index is 9.86. The fourth-order valence-corrected chi connectivity index (χ4v) is 1.87. The number of aliphatic hydroxyl groups excluding tert-OH is 5. The van der Waals surface area contributed by atoms with Gasteiger partial charge in [0.15, 0.2) is 6.29 Å². The molecule has 7 nitrogen and oxygen atoms in total. The van der Waals surface area contributed by atoms with Crippen molar-refractivity contribution in [3.63, 3.8) is 0 Å². The Hall–Kier alpha value is -2.30.